The topological polar surface area (TPSA) is 59.8 Å². The number of hydrogen-bond acceptors (Lipinski definition) is 5. The zero-order valence-electron chi connectivity index (χ0n) is 18.4. The molecule has 32 heavy (non-hydrogen) atoms. The Morgan fingerprint density at radius 2 is 1.88 bits per heavy atom. The summed E-state index contributed by atoms with van der Waals surface area (Å²) >= 11 is 0. The summed E-state index contributed by atoms with van der Waals surface area (Å²) in [6.07, 6.45) is 3.85. The van der Waals surface area contributed by atoms with E-state index in [1.165, 1.54) is 0 Å². The number of carbonyl (C=O) groups is 1. The van der Waals surface area contributed by atoms with Crippen molar-refractivity contribution >= 4 is 5.91 Å². The third kappa shape index (κ3) is 4.40. The molecule has 1 aromatic heterocycles. The van der Waals surface area contributed by atoms with Crippen molar-refractivity contribution in [3.05, 3.63) is 71.5 Å². The summed E-state index contributed by atoms with van der Waals surface area (Å²) in [5.41, 5.74) is 5.05. The second kappa shape index (κ2) is 9.14. The molecule has 2 aromatic carbocycles. The van der Waals surface area contributed by atoms with Crippen LogP contribution in [0.1, 0.15) is 21.5 Å². The van der Waals surface area contributed by atoms with Gasteiger partial charge >= 0.3 is 0 Å². The Balaban J connectivity index is 1.22. The van der Waals surface area contributed by atoms with Crippen molar-refractivity contribution in [3.8, 4) is 16.9 Å². The van der Waals surface area contributed by atoms with E-state index in [9.17, 15) is 4.79 Å². The molecule has 0 bridgehead atoms. The predicted octanol–water partition coefficient (Wildman–Crippen LogP) is 2.95. The fourth-order valence-electron chi connectivity index (χ4n) is 4.34. The van der Waals surface area contributed by atoms with Crippen LogP contribution in [-0.2, 0) is 24.9 Å². The molecular weight excluding hydrogens is 404 g/mol. The number of hydrogen-bond donors (Lipinski definition) is 0. The Hall–Kier alpha value is -3.16. The molecule has 2 aliphatic rings. The first kappa shape index (κ1) is 20.7. The fourth-order valence-corrected chi connectivity index (χ4v) is 4.34. The van der Waals surface area contributed by atoms with Crippen molar-refractivity contribution in [3.63, 3.8) is 0 Å². The number of amides is 1. The number of nitrogens with zero attached hydrogens (tertiary/aromatic N) is 4. The minimum Gasteiger partial charge on any atom is -0.491 e. The molecule has 1 amide bonds. The van der Waals surface area contributed by atoms with Crippen LogP contribution in [0.3, 0.4) is 0 Å². The van der Waals surface area contributed by atoms with Crippen LogP contribution in [0.25, 0.3) is 11.1 Å². The molecule has 7 heteroatoms. The van der Waals surface area contributed by atoms with E-state index in [1.54, 1.807) is 4.68 Å². The van der Waals surface area contributed by atoms with Gasteiger partial charge in [0, 0.05) is 51.5 Å². The maximum atomic E-state index is 13.2. The van der Waals surface area contributed by atoms with Crippen molar-refractivity contribution in [2.45, 2.75) is 13.1 Å². The molecule has 0 unspecified atom stereocenters. The second-order valence-electron chi connectivity index (χ2n) is 8.35. The average Bonchev–Trinajstić information content (AvgIpc) is 3.39. The van der Waals surface area contributed by atoms with Crippen LogP contribution in [0.15, 0.2) is 54.9 Å². The summed E-state index contributed by atoms with van der Waals surface area (Å²) in [7, 11) is 1.91. The number of benzene rings is 2. The summed E-state index contributed by atoms with van der Waals surface area (Å²) < 4.78 is 13.2. The van der Waals surface area contributed by atoms with Crippen LogP contribution in [0.4, 0.5) is 0 Å². The molecule has 3 aromatic rings. The van der Waals surface area contributed by atoms with E-state index in [0.717, 1.165) is 55.1 Å². The number of aryl methyl sites for hydroxylation is 1. The average molecular weight is 433 g/mol. The molecule has 0 aliphatic carbocycles. The maximum absolute atomic E-state index is 13.2. The molecule has 1 fully saturated rings. The Kier molecular flexibility index (Phi) is 5.92. The second-order valence-corrected chi connectivity index (χ2v) is 8.35. The van der Waals surface area contributed by atoms with E-state index < -0.39 is 0 Å². The van der Waals surface area contributed by atoms with Gasteiger partial charge in [-0.05, 0) is 22.8 Å². The third-order valence-electron chi connectivity index (χ3n) is 6.11. The first-order valence-electron chi connectivity index (χ1n) is 11.1. The van der Waals surface area contributed by atoms with E-state index in [2.05, 4.69) is 34.3 Å². The summed E-state index contributed by atoms with van der Waals surface area (Å²) in [4.78, 5) is 17.4. The molecule has 166 valence electrons. The van der Waals surface area contributed by atoms with Gasteiger partial charge in [0.05, 0.1) is 25.0 Å². The van der Waals surface area contributed by atoms with Gasteiger partial charge in [0.1, 0.15) is 12.4 Å². The number of morpholine rings is 1. The van der Waals surface area contributed by atoms with Crippen LogP contribution >= 0.6 is 0 Å². The highest BCUT2D eigenvalue weighted by molar-refractivity contribution is 6.01. The largest absolute Gasteiger partial charge is 0.491 e. The van der Waals surface area contributed by atoms with E-state index in [-0.39, 0.29) is 5.91 Å². The number of carbonyl (C=O) groups excluding carboxylic acids is 1. The van der Waals surface area contributed by atoms with Gasteiger partial charge in [-0.2, -0.15) is 5.10 Å². The normalized spacial score (nSPS) is 16.4. The van der Waals surface area contributed by atoms with Crippen LogP contribution in [0.5, 0.6) is 5.75 Å². The Labute approximate surface area is 188 Å². The molecule has 0 saturated carbocycles. The SMILES string of the molecule is Cn1cc(-c2ccc(CN3Cc4cccc(OCCN5CCOCC5)c4C3=O)cc2)cn1. The van der Waals surface area contributed by atoms with Gasteiger partial charge in [-0.3, -0.25) is 14.4 Å². The molecule has 2 aliphatic heterocycles. The van der Waals surface area contributed by atoms with Gasteiger partial charge in [0.2, 0.25) is 0 Å². The third-order valence-corrected chi connectivity index (χ3v) is 6.11. The Morgan fingerprint density at radius 1 is 1.06 bits per heavy atom. The Morgan fingerprint density at radius 3 is 2.62 bits per heavy atom. The first-order chi connectivity index (χ1) is 15.7. The van der Waals surface area contributed by atoms with Gasteiger partial charge in [-0.1, -0.05) is 36.4 Å². The molecule has 3 heterocycles. The summed E-state index contributed by atoms with van der Waals surface area (Å²) in [6.45, 7) is 6.01. The molecule has 0 N–H and O–H groups in total. The minimum atomic E-state index is 0.0401. The van der Waals surface area contributed by atoms with Crippen molar-refractivity contribution in [2.75, 3.05) is 39.5 Å². The van der Waals surface area contributed by atoms with Crippen LogP contribution in [-0.4, -0.2) is 64.9 Å². The molecular formula is C25H28N4O3. The highest BCUT2D eigenvalue weighted by Crippen LogP contribution is 2.32. The van der Waals surface area contributed by atoms with E-state index >= 15 is 0 Å². The van der Waals surface area contributed by atoms with Gasteiger partial charge in [-0.25, -0.2) is 0 Å². The minimum absolute atomic E-state index is 0.0401. The number of aromatic nitrogens is 2. The van der Waals surface area contributed by atoms with Crippen molar-refractivity contribution in [1.29, 1.82) is 0 Å². The highest BCUT2D eigenvalue weighted by atomic mass is 16.5. The van der Waals surface area contributed by atoms with Crippen molar-refractivity contribution < 1.29 is 14.3 Å². The zero-order valence-corrected chi connectivity index (χ0v) is 18.4. The van der Waals surface area contributed by atoms with Gasteiger partial charge in [0.25, 0.3) is 5.91 Å². The van der Waals surface area contributed by atoms with Gasteiger partial charge in [-0.15, -0.1) is 0 Å². The molecule has 7 nitrogen and oxygen atoms in total. The van der Waals surface area contributed by atoms with Crippen molar-refractivity contribution in [1.82, 2.24) is 19.6 Å². The maximum Gasteiger partial charge on any atom is 0.258 e. The van der Waals surface area contributed by atoms with Crippen LogP contribution in [0, 0.1) is 0 Å². The van der Waals surface area contributed by atoms with E-state index in [1.807, 2.05) is 42.5 Å². The van der Waals surface area contributed by atoms with Gasteiger partial charge in [0.15, 0.2) is 0 Å². The lowest BCUT2D eigenvalue weighted by Gasteiger charge is -2.26. The quantitative estimate of drug-likeness (QED) is 0.575. The Bertz CT molecular complexity index is 1090. The molecule has 0 radical (unpaired) electrons. The fraction of sp³-hybridized carbons (Fsp3) is 0.360. The smallest absolute Gasteiger partial charge is 0.258 e. The molecule has 1 saturated heterocycles. The lowest BCUT2D eigenvalue weighted by atomic mass is 10.1. The zero-order chi connectivity index (χ0) is 21.9. The summed E-state index contributed by atoms with van der Waals surface area (Å²) in [5, 5.41) is 4.23. The summed E-state index contributed by atoms with van der Waals surface area (Å²) in [6, 6.07) is 14.2. The summed E-state index contributed by atoms with van der Waals surface area (Å²) in [5.74, 6) is 0.730. The highest BCUT2D eigenvalue weighted by Gasteiger charge is 2.30. The van der Waals surface area contributed by atoms with E-state index in [0.29, 0.717) is 31.0 Å². The van der Waals surface area contributed by atoms with Crippen LogP contribution in [0.2, 0.25) is 0 Å². The number of fused-ring (bicyclic) bond motifs is 1. The van der Waals surface area contributed by atoms with Gasteiger partial charge < -0.3 is 14.4 Å². The molecule has 0 atom stereocenters. The standard InChI is InChI=1S/C25H28N4O3/c1-27-17-22(15-26-27)20-7-5-19(6-8-20)16-29-18-21-3-2-4-23(24(21)25(29)30)32-14-11-28-9-12-31-13-10-28/h2-8,15,17H,9-14,16,18H2,1H3. The lowest BCUT2D eigenvalue weighted by molar-refractivity contribution is 0.0322. The molecule has 0 spiro atoms. The predicted molar refractivity (Wildman–Crippen MR) is 121 cm³/mol. The number of ether oxygens (including phenoxy) is 2. The van der Waals surface area contributed by atoms with Crippen LogP contribution < -0.4 is 4.74 Å². The monoisotopic (exact) mass is 432 g/mol. The first-order valence-corrected chi connectivity index (χ1v) is 11.1. The number of rotatable bonds is 7. The van der Waals surface area contributed by atoms with E-state index in [4.69, 9.17) is 9.47 Å². The lowest BCUT2D eigenvalue weighted by Crippen LogP contribution is -2.38. The van der Waals surface area contributed by atoms with Crippen molar-refractivity contribution in [2.24, 2.45) is 7.05 Å². The molecule has 5 rings (SSSR count).